The van der Waals surface area contributed by atoms with Gasteiger partial charge in [0.25, 0.3) is 5.91 Å². The number of carboxylic acid groups (broad SMARTS) is 1. The number of aromatic nitrogens is 2. The van der Waals surface area contributed by atoms with Gasteiger partial charge >= 0.3 is 6.09 Å². The molecule has 3 heterocycles. The van der Waals surface area contributed by atoms with E-state index in [4.69, 9.17) is 4.74 Å². The largest absolute Gasteiger partial charge is 0.465 e. The fraction of sp³-hybridized carbons (Fsp3) is 0.318. The van der Waals surface area contributed by atoms with Gasteiger partial charge in [0.15, 0.2) is 0 Å². The number of hydrogen-bond donors (Lipinski definition) is 2. The lowest BCUT2D eigenvalue weighted by atomic mass is 10.0. The lowest BCUT2D eigenvalue weighted by molar-refractivity contribution is -0.0214. The zero-order valence-corrected chi connectivity index (χ0v) is 17.3. The van der Waals surface area contributed by atoms with E-state index in [1.54, 1.807) is 22.7 Å². The molecule has 10 heteroatoms. The molecule has 1 atom stereocenters. The number of carbonyl (C=O) groups is 2. The van der Waals surface area contributed by atoms with Gasteiger partial charge in [-0.3, -0.25) is 4.79 Å². The average molecular weight is 444 g/mol. The van der Waals surface area contributed by atoms with Crippen LogP contribution in [0.25, 0.3) is 16.9 Å². The predicted molar refractivity (Wildman–Crippen MR) is 112 cm³/mol. The number of benzene rings is 1. The number of pyridine rings is 1. The molecule has 1 aromatic carbocycles. The molecule has 0 aliphatic carbocycles. The van der Waals surface area contributed by atoms with Gasteiger partial charge in [-0.05, 0) is 35.9 Å². The molecule has 1 aliphatic heterocycles. The Morgan fingerprint density at radius 2 is 2.12 bits per heavy atom. The number of imidazole rings is 1. The lowest BCUT2D eigenvalue weighted by Crippen LogP contribution is -2.45. The summed E-state index contributed by atoms with van der Waals surface area (Å²) in [5, 5.41) is 11.8. The minimum Gasteiger partial charge on any atom is -0.465 e. The van der Waals surface area contributed by atoms with Crippen LogP contribution >= 0.6 is 0 Å². The van der Waals surface area contributed by atoms with E-state index < -0.39 is 30.6 Å². The second-order valence-corrected chi connectivity index (χ2v) is 7.50. The van der Waals surface area contributed by atoms with E-state index >= 15 is 4.39 Å². The Hall–Kier alpha value is -3.53. The molecule has 0 radical (unpaired) electrons. The molecule has 2 amide bonds. The van der Waals surface area contributed by atoms with Crippen LogP contribution < -0.4 is 5.32 Å². The predicted octanol–water partition coefficient (Wildman–Crippen LogP) is 2.89. The summed E-state index contributed by atoms with van der Waals surface area (Å²) in [5.41, 5.74) is 2.16. The van der Waals surface area contributed by atoms with Crippen LogP contribution in [-0.2, 0) is 17.8 Å². The molecule has 1 unspecified atom stereocenters. The van der Waals surface area contributed by atoms with E-state index in [2.05, 4.69) is 10.3 Å². The number of amides is 2. The van der Waals surface area contributed by atoms with Crippen molar-refractivity contribution in [1.29, 1.82) is 0 Å². The molecule has 1 saturated heterocycles. The first-order valence-corrected chi connectivity index (χ1v) is 10.1. The highest BCUT2D eigenvalue weighted by Gasteiger charge is 2.27. The maximum atomic E-state index is 15.0. The molecular weight excluding hydrogens is 422 g/mol. The SMILES string of the molecule is CNC(=O)c1ccc(-c2nc3cc(CF)ccn3c2CC2CN(C(=O)O)CCO2)c(F)c1. The van der Waals surface area contributed by atoms with Gasteiger partial charge in [-0.25, -0.2) is 18.6 Å². The Kier molecular flexibility index (Phi) is 6.04. The number of hydrogen-bond acceptors (Lipinski definition) is 4. The Balaban J connectivity index is 1.78. The van der Waals surface area contributed by atoms with E-state index in [0.29, 0.717) is 22.6 Å². The Labute approximate surface area is 182 Å². The third-order valence-electron chi connectivity index (χ3n) is 5.49. The first kappa shape index (κ1) is 21.7. The Bertz CT molecular complexity index is 1180. The van der Waals surface area contributed by atoms with Crippen LogP contribution in [0.3, 0.4) is 0 Å². The van der Waals surface area contributed by atoms with Crippen molar-refractivity contribution in [2.75, 3.05) is 26.7 Å². The zero-order valence-electron chi connectivity index (χ0n) is 17.3. The van der Waals surface area contributed by atoms with E-state index in [-0.39, 0.29) is 37.2 Å². The normalized spacial score (nSPS) is 16.3. The summed E-state index contributed by atoms with van der Waals surface area (Å²) in [6.07, 6.45) is 0.448. The third-order valence-corrected chi connectivity index (χ3v) is 5.49. The van der Waals surface area contributed by atoms with E-state index in [1.807, 2.05) is 0 Å². The minimum absolute atomic E-state index is 0.169. The molecule has 0 saturated carbocycles. The molecule has 1 aliphatic rings. The quantitative estimate of drug-likeness (QED) is 0.631. The maximum absolute atomic E-state index is 15.0. The summed E-state index contributed by atoms with van der Waals surface area (Å²) in [5.74, 6) is -1.04. The number of nitrogens with zero attached hydrogens (tertiary/aromatic N) is 3. The summed E-state index contributed by atoms with van der Waals surface area (Å²) in [7, 11) is 1.46. The van der Waals surface area contributed by atoms with Crippen molar-refractivity contribution < 1.29 is 28.2 Å². The van der Waals surface area contributed by atoms with Crippen LogP contribution in [0.15, 0.2) is 36.5 Å². The number of fused-ring (bicyclic) bond motifs is 1. The van der Waals surface area contributed by atoms with Crippen LogP contribution in [0.5, 0.6) is 0 Å². The highest BCUT2D eigenvalue weighted by atomic mass is 19.1. The van der Waals surface area contributed by atoms with Gasteiger partial charge in [0, 0.05) is 37.3 Å². The number of morpholine rings is 1. The fourth-order valence-corrected chi connectivity index (χ4v) is 3.86. The van der Waals surface area contributed by atoms with Crippen molar-refractivity contribution in [3.63, 3.8) is 0 Å². The van der Waals surface area contributed by atoms with Gasteiger partial charge in [-0.15, -0.1) is 0 Å². The van der Waals surface area contributed by atoms with Crippen molar-refractivity contribution in [1.82, 2.24) is 19.6 Å². The summed E-state index contributed by atoms with van der Waals surface area (Å²) < 4.78 is 35.7. The number of nitrogens with one attached hydrogen (secondary N) is 1. The summed E-state index contributed by atoms with van der Waals surface area (Å²) >= 11 is 0. The first-order chi connectivity index (χ1) is 15.4. The third kappa shape index (κ3) is 4.13. The number of rotatable bonds is 5. The van der Waals surface area contributed by atoms with Crippen LogP contribution in [0.4, 0.5) is 13.6 Å². The van der Waals surface area contributed by atoms with Gasteiger partial charge in [-0.2, -0.15) is 0 Å². The average Bonchev–Trinajstić information content (AvgIpc) is 3.15. The molecule has 4 rings (SSSR count). The van der Waals surface area contributed by atoms with Crippen LogP contribution in [-0.4, -0.2) is 64.2 Å². The van der Waals surface area contributed by atoms with Gasteiger partial charge in [0.05, 0.1) is 30.6 Å². The number of ether oxygens (including phenoxy) is 1. The Morgan fingerprint density at radius 3 is 2.81 bits per heavy atom. The molecule has 2 N–H and O–H groups in total. The van der Waals surface area contributed by atoms with Crippen LogP contribution in [0, 0.1) is 5.82 Å². The fourth-order valence-electron chi connectivity index (χ4n) is 3.86. The monoisotopic (exact) mass is 444 g/mol. The molecule has 0 bridgehead atoms. The smallest absolute Gasteiger partial charge is 0.407 e. The number of halogens is 2. The van der Waals surface area contributed by atoms with Crippen molar-refractivity contribution >= 4 is 17.6 Å². The molecule has 3 aromatic rings. The maximum Gasteiger partial charge on any atom is 0.407 e. The molecule has 32 heavy (non-hydrogen) atoms. The topological polar surface area (TPSA) is 96.2 Å². The van der Waals surface area contributed by atoms with Crippen LogP contribution in [0.1, 0.15) is 21.6 Å². The van der Waals surface area contributed by atoms with Gasteiger partial charge in [0.2, 0.25) is 0 Å². The summed E-state index contributed by atoms with van der Waals surface area (Å²) in [6, 6.07) is 7.30. The molecule has 0 spiro atoms. The van der Waals surface area contributed by atoms with Gasteiger partial charge < -0.3 is 24.5 Å². The first-order valence-electron chi connectivity index (χ1n) is 10.1. The van der Waals surface area contributed by atoms with Gasteiger partial charge in [-0.1, -0.05) is 0 Å². The summed E-state index contributed by atoms with van der Waals surface area (Å²) in [4.78, 5) is 29.0. The minimum atomic E-state index is -1.03. The van der Waals surface area contributed by atoms with Crippen molar-refractivity contribution in [3.8, 4) is 11.3 Å². The summed E-state index contributed by atoms with van der Waals surface area (Å²) in [6.45, 7) is 0.0384. The standard InChI is InChI=1S/C22H22F2N4O4/c1-25-21(29)14-2-3-16(17(24)9-14)20-18(10-15-12-27(22(30)31)6-7-32-15)28-5-4-13(11-23)8-19(28)26-20/h2-5,8-9,15H,6-7,10-12H2,1H3,(H,25,29)(H,30,31). The second-order valence-electron chi connectivity index (χ2n) is 7.50. The zero-order chi connectivity index (χ0) is 22.8. The molecular formula is C22H22F2N4O4. The lowest BCUT2D eigenvalue weighted by Gasteiger charge is -2.31. The van der Waals surface area contributed by atoms with E-state index in [1.165, 1.54) is 24.1 Å². The van der Waals surface area contributed by atoms with Crippen molar-refractivity contribution in [2.24, 2.45) is 0 Å². The van der Waals surface area contributed by atoms with Crippen LogP contribution in [0.2, 0.25) is 0 Å². The molecule has 1 fully saturated rings. The highest BCUT2D eigenvalue weighted by Crippen LogP contribution is 2.30. The number of carbonyl (C=O) groups excluding carboxylic acids is 1. The second kappa shape index (κ2) is 8.91. The van der Waals surface area contributed by atoms with Crippen molar-refractivity contribution in [2.45, 2.75) is 19.2 Å². The van der Waals surface area contributed by atoms with Crippen molar-refractivity contribution in [3.05, 3.63) is 59.2 Å². The Morgan fingerprint density at radius 1 is 1.31 bits per heavy atom. The van der Waals surface area contributed by atoms with E-state index in [0.717, 1.165) is 6.07 Å². The number of alkyl halides is 1. The molecule has 2 aromatic heterocycles. The molecule has 8 nitrogen and oxygen atoms in total. The highest BCUT2D eigenvalue weighted by molar-refractivity contribution is 5.94. The van der Waals surface area contributed by atoms with Gasteiger partial charge in [0.1, 0.15) is 18.1 Å². The van der Waals surface area contributed by atoms with E-state index in [9.17, 15) is 19.1 Å². The molecule has 168 valence electrons.